The van der Waals surface area contributed by atoms with Gasteiger partial charge in [0, 0.05) is 19.3 Å². The van der Waals surface area contributed by atoms with Gasteiger partial charge in [0.2, 0.25) is 5.43 Å². The number of nitrogens with one attached hydrogen (secondary N) is 1. The molecule has 0 atom stereocenters. The zero-order valence-electron chi connectivity index (χ0n) is 18.0. The summed E-state index contributed by atoms with van der Waals surface area (Å²) in [4.78, 5) is 38.5. The maximum atomic E-state index is 13.2. The molecule has 1 aromatic heterocycles. The van der Waals surface area contributed by atoms with Crippen LogP contribution < -0.4 is 15.5 Å². The molecule has 0 aliphatic rings. The number of benzene rings is 2. The van der Waals surface area contributed by atoms with Crippen molar-refractivity contribution < 1.29 is 23.5 Å². The van der Waals surface area contributed by atoms with E-state index in [9.17, 15) is 18.8 Å². The van der Waals surface area contributed by atoms with Crippen LogP contribution in [0.5, 0.6) is 5.75 Å². The first-order valence-corrected chi connectivity index (χ1v) is 10.1. The van der Waals surface area contributed by atoms with Crippen LogP contribution in [-0.2, 0) is 24.4 Å². The maximum absolute atomic E-state index is 13.2. The van der Waals surface area contributed by atoms with E-state index in [1.54, 1.807) is 12.1 Å². The number of hydrogen-bond acceptors (Lipinski definition) is 5. The van der Waals surface area contributed by atoms with Gasteiger partial charge in [-0.05, 0) is 23.3 Å². The standard InChI is InChI=1S/C25H23FN2O5/c1-3-13-28-15-20(24(30)27-14-17-9-11-19(26)12-10-17)22(29)23(21(28)25(31)32-2)33-16-18-7-5-4-6-8-18/h3-12,15H,1,13-14,16H2,2H3,(H,27,30). The normalized spacial score (nSPS) is 10.4. The molecule has 3 aromatic rings. The van der Waals surface area contributed by atoms with Crippen LogP contribution in [0.15, 0.2) is 78.2 Å². The highest BCUT2D eigenvalue weighted by Crippen LogP contribution is 2.19. The van der Waals surface area contributed by atoms with Gasteiger partial charge in [-0.25, -0.2) is 9.18 Å². The van der Waals surface area contributed by atoms with Crippen LogP contribution in [0.4, 0.5) is 4.39 Å². The van der Waals surface area contributed by atoms with Gasteiger partial charge in [0.15, 0.2) is 11.4 Å². The van der Waals surface area contributed by atoms with Gasteiger partial charge in [0.1, 0.15) is 18.0 Å². The van der Waals surface area contributed by atoms with E-state index in [2.05, 4.69) is 11.9 Å². The summed E-state index contributed by atoms with van der Waals surface area (Å²) in [7, 11) is 1.19. The molecule has 0 aliphatic carbocycles. The Morgan fingerprint density at radius 3 is 2.42 bits per heavy atom. The van der Waals surface area contributed by atoms with Crippen molar-refractivity contribution in [2.45, 2.75) is 19.7 Å². The van der Waals surface area contributed by atoms with E-state index < -0.39 is 23.1 Å². The van der Waals surface area contributed by atoms with Crippen LogP contribution >= 0.6 is 0 Å². The van der Waals surface area contributed by atoms with Crippen molar-refractivity contribution in [2.75, 3.05) is 7.11 Å². The van der Waals surface area contributed by atoms with Crippen LogP contribution in [-0.4, -0.2) is 23.6 Å². The van der Waals surface area contributed by atoms with Gasteiger partial charge in [-0.1, -0.05) is 48.5 Å². The Morgan fingerprint density at radius 2 is 1.79 bits per heavy atom. The number of allylic oxidation sites excluding steroid dienone is 1. The van der Waals surface area contributed by atoms with Gasteiger partial charge >= 0.3 is 5.97 Å². The van der Waals surface area contributed by atoms with Gasteiger partial charge in [-0.3, -0.25) is 9.59 Å². The van der Waals surface area contributed by atoms with Crippen LogP contribution in [0.1, 0.15) is 32.0 Å². The summed E-state index contributed by atoms with van der Waals surface area (Å²) in [6, 6.07) is 14.7. The van der Waals surface area contributed by atoms with Crippen molar-refractivity contribution >= 4 is 11.9 Å². The summed E-state index contributed by atoms with van der Waals surface area (Å²) in [5.74, 6) is -2.13. The molecule has 8 heteroatoms. The predicted octanol–water partition coefficient (Wildman–Crippen LogP) is 3.47. The number of hydrogen-bond donors (Lipinski definition) is 1. The Hall–Kier alpha value is -4.20. The highest BCUT2D eigenvalue weighted by molar-refractivity contribution is 5.96. The monoisotopic (exact) mass is 450 g/mol. The molecule has 0 aliphatic heterocycles. The molecular weight excluding hydrogens is 427 g/mol. The lowest BCUT2D eigenvalue weighted by Crippen LogP contribution is -2.32. The number of rotatable bonds is 9. The van der Waals surface area contributed by atoms with E-state index in [0.717, 1.165) is 5.56 Å². The molecule has 1 N–H and O–H groups in total. The van der Waals surface area contributed by atoms with Crippen molar-refractivity contribution in [1.29, 1.82) is 0 Å². The summed E-state index contributed by atoms with van der Waals surface area (Å²) in [5.41, 5.74) is 0.350. The van der Waals surface area contributed by atoms with E-state index in [1.807, 2.05) is 18.2 Å². The summed E-state index contributed by atoms with van der Waals surface area (Å²) >= 11 is 0. The first kappa shape index (κ1) is 23.5. The van der Waals surface area contributed by atoms with E-state index in [1.165, 1.54) is 48.2 Å². The summed E-state index contributed by atoms with van der Waals surface area (Å²) in [6.45, 7) is 3.88. The number of esters is 1. The minimum absolute atomic E-state index is 0.00875. The number of carbonyl (C=O) groups is 2. The molecule has 1 amide bonds. The highest BCUT2D eigenvalue weighted by Gasteiger charge is 2.26. The van der Waals surface area contributed by atoms with Gasteiger partial charge in [-0.2, -0.15) is 0 Å². The van der Waals surface area contributed by atoms with E-state index >= 15 is 0 Å². The Kier molecular flexibility index (Phi) is 7.75. The number of amides is 1. The first-order valence-electron chi connectivity index (χ1n) is 10.1. The zero-order valence-corrected chi connectivity index (χ0v) is 18.0. The van der Waals surface area contributed by atoms with E-state index in [-0.39, 0.29) is 36.7 Å². The second-order valence-corrected chi connectivity index (χ2v) is 7.07. The van der Waals surface area contributed by atoms with Crippen molar-refractivity contribution in [1.82, 2.24) is 9.88 Å². The Morgan fingerprint density at radius 1 is 1.09 bits per heavy atom. The average Bonchev–Trinajstić information content (AvgIpc) is 2.83. The van der Waals surface area contributed by atoms with Crippen LogP contribution in [0.25, 0.3) is 0 Å². The molecule has 2 aromatic carbocycles. The van der Waals surface area contributed by atoms with Crippen molar-refractivity contribution in [3.8, 4) is 5.75 Å². The van der Waals surface area contributed by atoms with E-state index in [4.69, 9.17) is 9.47 Å². The van der Waals surface area contributed by atoms with Crippen LogP contribution in [0.2, 0.25) is 0 Å². The molecule has 3 rings (SSSR count). The zero-order chi connectivity index (χ0) is 23.8. The topological polar surface area (TPSA) is 86.6 Å². The molecule has 0 radical (unpaired) electrons. The van der Waals surface area contributed by atoms with Crippen molar-refractivity contribution in [2.24, 2.45) is 0 Å². The molecule has 0 spiro atoms. The lowest BCUT2D eigenvalue weighted by Gasteiger charge is -2.17. The lowest BCUT2D eigenvalue weighted by molar-refractivity contribution is 0.0580. The molecule has 0 saturated carbocycles. The van der Waals surface area contributed by atoms with Gasteiger partial charge in [-0.15, -0.1) is 6.58 Å². The van der Waals surface area contributed by atoms with Crippen LogP contribution in [0, 0.1) is 5.82 Å². The highest BCUT2D eigenvalue weighted by atomic mass is 19.1. The summed E-state index contributed by atoms with van der Waals surface area (Å²) < 4.78 is 25.1. The fourth-order valence-electron chi connectivity index (χ4n) is 3.13. The number of aromatic nitrogens is 1. The number of carbonyl (C=O) groups excluding carboxylic acids is 2. The Labute approximate surface area is 190 Å². The summed E-state index contributed by atoms with van der Waals surface area (Å²) in [5, 5.41) is 2.64. The van der Waals surface area contributed by atoms with Gasteiger partial charge in [0.25, 0.3) is 5.91 Å². The second-order valence-electron chi connectivity index (χ2n) is 7.07. The largest absolute Gasteiger partial charge is 0.482 e. The molecule has 0 bridgehead atoms. The number of nitrogens with zero attached hydrogens (tertiary/aromatic N) is 1. The predicted molar refractivity (Wildman–Crippen MR) is 121 cm³/mol. The average molecular weight is 450 g/mol. The molecule has 1 heterocycles. The van der Waals surface area contributed by atoms with Gasteiger partial charge in [0.05, 0.1) is 7.11 Å². The third-order valence-electron chi connectivity index (χ3n) is 4.78. The smallest absolute Gasteiger partial charge is 0.358 e. The molecule has 0 unspecified atom stereocenters. The lowest BCUT2D eigenvalue weighted by atomic mass is 10.1. The number of halogens is 1. The third kappa shape index (κ3) is 5.74. The Balaban J connectivity index is 1.98. The Bertz CT molecular complexity index is 1200. The fourth-order valence-corrected chi connectivity index (χ4v) is 3.13. The minimum atomic E-state index is -0.782. The quantitative estimate of drug-likeness (QED) is 0.399. The minimum Gasteiger partial charge on any atom is -0.482 e. The molecule has 7 nitrogen and oxygen atoms in total. The van der Waals surface area contributed by atoms with Gasteiger partial charge < -0.3 is 19.4 Å². The molecular formula is C25H23FN2O5. The molecule has 0 saturated heterocycles. The van der Waals surface area contributed by atoms with E-state index in [0.29, 0.717) is 5.56 Å². The van der Waals surface area contributed by atoms with Crippen molar-refractivity contribution in [3.63, 3.8) is 0 Å². The first-order chi connectivity index (χ1) is 15.9. The van der Waals surface area contributed by atoms with Crippen LogP contribution in [0.3, 0.4) is 0 Å². The number of methoxy groups -OCH3 is 1. The number of ether oxygens (including phenoxy) is 2. The fraction of sp³-hybridized carbons (Fsp3) is 0.160. The maximum Gasteiger partial charge on any atom is 0.358 e. The summed E-state index contributed by atoms with van der Waals surface area (Å²) in [6.07, 6.45) is 2.78. The second kappa shape index (κ2) is 10.9. The SMILES string of the molecule is C=CCn1cc(C(=O)NCc2ccc(F)cc2)c(=O)c(OCc2ccccc2)c1C(=O)OC. The molecule has 170 valence electrons. The molecule has 33 heavy (non-hydrogen) atoms. The third-order valence-corrected chi connectivity index (χ3v) is 4.78. The number of pyridine rings is 1. The molecule has 0 fully saturated rings. The van der Waals surface area contributed by atoms with Crippen molar-refractivity contribution in [3.05, 3.63) is 112 Å².